The Bertz CT molecular complexity index is 651. The number of rotatable bonds is 2. The van der Waals surface area contributed by atoms with Gasteiger partial charge in [0.25, 0.3) is 0 Å². The minimum absolute atomic E-state index is 0.129. The fourth-order valence-electron chi connectivity index (χ4n) is 2.22. The van der Waals surface area contributed by atoms with Crippen LogP contribution in [0.4, 0.5) is 4.39 Å². The van der Waals surface area contributed by atoms with Crippen LogP contribution in [0, 0.1) is 12.7 Å². The SMILES string of the molecule is Cc1ccc(C(=O)c2ccccc2C(C)(C)C)cc1F. The second kappa shape index (κ2) is 5.20. The van der Waals surface area contributed by atoms with E-state index in [9.17, 15) is 9.18 Å². The van der Waals surface area contributed by atoms with Crippen LogP contribution in [0.15, 0.2) is 42.5 Å². The molecule has 104 valence electrons. The molecule has 2 rings (SSSR count). The molecule has 0 N–H and O–H groups in total. The first-order chi connectivity index (χ1) is 9.30. The molecule has 2 heteroatoms. The lowest BCUT2D eigenvalue weighted by Crippen LogP contribution is -2.17. The van der Waals surface area contributed by atoms with E-state index in [2.05, 4.69) is 20.8 Å². The standard InChI is InChI=1S/C18H19FO/c1-12-9-10-13(11-16(12)19)17(20)14-7-5-6-8-15(14)18(2,3)4/h5-11H,1-4H3. The van der Waals surface area contributed by atoms with Crippen molar-refractivity contribution in [2.45, 2.75) is 33.1 Å². The molecule has 2 aromatic rings. The molecule has 0 unspecified atom stereocenters. The van der Waals surface area contributed by atoms with E-state index in [0.29, 0.717) is 16.7 Å². The number of benzene rings is 2. The fourth-order valence-corrected chi connectivity index (χ4v) is 2.22. The summed E-state index contributed by atoms with van der Waals surface area (Å²) in [7, 11) is 0. The third-order valence-electron chi connectivity index (χ3n) is 3.41. The fraction of sp³-hybridized carbons (Fsp3) is 0.278. The van der Waals surface area contributed by atoms with E-state index in [-0.39, 0.29) is 17.0 Å². The van der Waals surface area contributed by atoms with Gasteiger partial charge in [0, 0.05) is 11.1 Å². The highest BCUT2D eigenvalue weighted by atomic mass is 19.1. The summed E-state index contributed by atoms with van der Waals surface area (Å²) in [6, 6.07) is 12.2. The maximum absolute atomic E-state index is 13.6. The summed E-state index contributed by atoms with van der Waals surface area (Å²) in [6.07, 6.45) is 0. The van der Waals surface area contributed by atoms with Gasteiger partial charge in [0.15, 0.2) is 5.78 Å². The van der Waals surface area contributed by atoms with Gasteiger partial charge in [0.2, 0.25) is 0 Å². The summed E-state index contributed by atoms with van der Waals surface area (Å²) >= 11 is 0. The number of carbonyl (C=O) groups excluding carboxylic acids is 1. The highest BCUT2D eigenvalue weighted by molar-refractivity contribution is 6.10. The smallest absolute Gasteiger partial charge is 0.193 e. The van der Waals surface area contributed by atoms with Crippen molar-refractivity contribution < 1.29 is 9.18 Å². The number of ketones is 1. The van der Waals surface area contributed by atoms with Crippen LogP contribution < -0.4 is 0 Å². The van der Waals surface area contributed by atoms with Crippen molar-refractivity contribution in [1.82, 2.24) is 0 Å². The molecule has 0 radical (unpaired) electrons. The van der Waals surface area contributed by atoms with Crippen molar-refractivity contribution in [3.05, 3.63) is 70.5 Å². The molecule has 1 nitrogen and oxygen atoms in total. The van der Waals surface area contributed by atoms with Crippen molar-refractivity contribution in [2.75, 3.05) is 0 Å². The van der Waals surface area contributed by atoms with E-state index < -0.39 is 0 Å². The first-order valence-electron chi connectivity index (χ1n) is 6.71. The molecule has 0 saturated carbocycles. The zero-order valence-electron chi connectivity index (χ0n) is 12.3. The van der Waals surface area contributed by atoms with Gasteiger partial charge >= 0.3 is 0 Å². The van der Waals surface area contributed by atoms with Gasteiger partial charge < -0.3 is 0 Å². The molecular formula is C18H19FO. The first kappa shape index (κ1) is 14.4. The lowest BCUT2D eigenvalue weighted by molar-refractivity contribution is 0.103. The minimum Gasteiger partial charge on any atom is -0.289 e. The van der Waals surface area contributed by atoms with Gasteiger partial charge in [-0.05, 0) is 29.5 Å². The Morgan fingerprint density at radius 1 is 1.05 bits per heavy atom. The third-order valence-corrected chi connectivity index (χ3v) is 3.41. The maximum atomic E-state index is 13.6. The van der Waals surface area contributed by atoms with Crippen LogP contribution in [0.1, 0.15) is 47.8 Å². The zero-order chi connectivity index (χ0) is 14.9. The highest BCUT2D eigenvalue weighted by Gasteiger charge is 2.22. The van der Waals surface area contributed by atoms with Crippen LogP contribution in [0.2, 0.25) is 0 Å². The largest absolute Gasteiger partial charge is 0.289 e. The maximum Gasteiger partial charge on any atom is 0.193 e. The van der Waals surface area contributed by atoms with Crippen LogP contribution in [-0.2, 0) is 5.41 Å². The van der Waals surface area contributed by atoms with Crippen LogP contribution in [0.5, 0.6) is 0 Å². The number of halogens is 1. The predicted molar refractivity (Wildman–Crippen MR) is 79.7 cm³/mol. The summed E-state index contributed by atoms with van der Waals surface area (Å²) < 4.78 is 13.6. The van der Waals surface area contributed by atoms with Crippen molar-refractivity contribution in [1.29, 1.82) is 0 Å². The molecule has 0 spiro atoms. The molecule has 0 aromatic heterocycles. The Balaban J connectivity index is 2.51. The lowest BCUT2D eigenvalue weighted by atomic mass is 9.82. The molecule has 0 bridgehead atoms. The Morgan fingerprint density at radius 2 is 1.70 bits per heavy atom. The molecular weight excluding hydrogens is 251 g/mol. The zero-order valence-corrected chi connectivity index (χ0v) is 12.3. The van der Waals surface area contributed by atoms with Crippen molar-refractivity contribution in [3.8, 4) is 0 Å². The Labute approximate surface area is 119 Å². The van der Waals surface area contributed by atoms with E-state index >= 15 is 0 Å². The van der Waals surface area contributed by atoms with Gasteiger partial charge in [-0.3, -0.25) is 4.79 Å². The summed E-state index contributed by atoms with van der Waals surface area (Å²) in [4.78, 5) is 12.6. The number of hydrogen-bond donors (Lipinski definition) is 0. The summed E-state index contributed by atoms with van der Waals surface area (Å²) in [5, 5.41) is 0. The van der Waals surface area contributed by atoms with Gasteiger partial charge in [-0.1, -0.05) is 57.2 Å². The van der Waals surface area contributed by atoms with Crippen LogP contribution >= 0.6 is 0 Å². The minimum atomic E-state index is -0.343. The quantitative estimate of drug-likeness (QED) is 0.725. The van der Waals surface area contributed by atoms with Gasteiger partial charge in [-0.2, -0.15) is 0 Å². The monoisotopic (exact) mass is 270 g/mol. The highest BCUT2D eigenvalue weighted by Crippen LogP contribution is 2.27. The summed E-state index contributed by atoms with van der Waals surface area (Å²) in [5.41, 5.74) is 2.43. The van der Waals surface area contributed by atoms with E-state index in [4.69, 9.17) is 0 Å². The molecule has 0 aliphatic rings. The van der Waals surface area contributed by atoms with Crippen molar-refractivity contribution in [2.24, 2.45) is 0 Å². The van der Waals surface area contributed by atoms with Crippen LogP contribution in [0.25, 0.3) is 0 Å². The van der Waals surface area contributed by atoms with Crippen molar-refractivity contribution >= 4 is 5.78 Å². The number of carbonyl (C=O) groups is 1. The molecule has 0 atom stereocenters. The van der Waals surface area contributed by atoms with Crippen molar-refractivity contribution in [3.63, 3.8) is 0 Å². The van der Waals surface area contributed by atoms with Gasteiger partial charge in [-0.25, -0.2) is 4.39 Å². The molecule has 0 aliphatic carbocycles. The summed E-state index contributed by atoms with van der Waals surface area (Å²) in [6.45, 7) is 7.88. The predicted octanol–water partition coefficient (Wildman–Crippen LogP) is 4.66. The molecule has 0 saturated heterocycles. The van der Waals surface area contributed by atoms with Gasteiger partial charge in [0.05, 0.1) is 0 Å². The average Bonchev–Trinajstić information content (AvgIpc) is 2.40. The molecule has 0 aliphatic heterocycles. The Morgan fingerprint density at radius 3 is 2.30 bits per heavy atom. The van der Waals surface area contributed by atoms with Gasteiger partial charge in [0.1, 0.15) is 5.82 Å². The average molecular weight is 270 g/mol. The van der Waals surface area contributed by atoms with Gasteiger partial charge in [-0.15, -0.1) is 0 Å². The second-order valence-electron chi connectivity index (χ2n) is 6.09. The lowest BCUT2D eigenvalue weighted by Gasteiger charge is -2.22. The topological polar surface area (TPSA) is 17.1 Å². The second-order valence-corrected chi connectivity index (χ2v) is 6.09. The molecule has 0 fully saturated rings. The molecule has 20 heavy (non-hydrogen) atoms. The molecule has 0 amide bonds. The van der Waals surface area contributed by atoms with Crippen LogP contribution in [0.3, 0.4) is 0 Å². The van der Waals surface area contributed by atoms with E-state index in [1.165, 1.54) is 6.07 Å². The number of hydrogen-bond acceptors (Lipinski definition) is 1. The Kier molecular flexibility index (Phi) is 3.76. The Hall–Kier alpha value is -1.96. The number of aryl methyl sites for hydroxylation is 1. The van der Waals surface area contributed by atoms with Crippen LogP contribution in [-0.4, -0.2) is 5.78 Å². The van der Waals surface area contributed by atoms with E-state index in [0.717, 1.165) is 5.56 Å². The van der Waals surface area contributed by atoms with E-state index in [1.54, 1.807) is 25.1 Å². The molecule has 2 aromatic carbocycles. The molecule has 0 heterocycles. The first-order valence-corrected chi connectivity index (χ1v) is 6.71. The third kappa shape index (κ3) is 2.79. The normalized spacial score (nSPS) is 11.4. The summed E-state index contributed by atoms with van der Waals surface area (Å²) in [5.74, 6) is -0.474. The van der Waals surface area contributed by atoms with E-state index in [1.807, 2.05) is 18.2 Å².